The van der Waals surface area contributed by atoms with Crippen LogP contribution in [0.2, 0.25) is 0 Å². The number of nitrogens with two attached hydrogens (primary N) is 1. The lowest BCUT2D eigenvalue weighted by Crippen LogP contribution is -2.25. The maximum absolute atomic E-state index is 13.4. The molecule has 3 aromatic rings. The maximum Gasteiger partial charge on any atom is 0.264 e. The van der Waals surface area contributed by atoms with Crippen LogP contribution >= 0.6 is 0 Å². The second-order valence-corrected chi connectivity index (χ2v) is 6.51. The van der Waals surface area contributed by atoms with Crippen molar-refractivity contribution in [2.45, 2.75) is 19.4 Å². The highest BCUT2D eigenvalue weighted by Gasteiger charge is 2.14. The average Bonchev–Trinajstić information content (AvgIpc) is 3.11. The van der Waals surface area contributed by atoms with Crippen molar-refractivity contribution >= 4 is 16.5 Å². The maximum atomic E-state index is 13.4. The Morgan fingerprint density at radius 3 is 2.85 bits per heavy atom. The molecule has 0 spiro atoms. The highest BCUT2D eigenvalue weighted by atomic mass is 16.1. The van der Waals surface area contributed by atoms with Gasteiger partial charge in [0, 0.05) is 36.7 Å². The molecular formula is C22H20N4O. The van der Waals surface area contributed by atoms with Gasteiger partial charge in [0.1, 0.15) is 0 Å². The van der Waals surface area contributed by atoms with Crippen LogP contribution in [0.5, 0.6) is 0 Å². The summed E-state index contributed by atoms with van der Waals surface area (Å²) < 4.78 is 3.42. The first-order chi connectivity index (χ1) is 13.2. The third-order valence-electron chi connectivity index (χ3n) is 4.61. The van der Waals surface area contributed by atoms with Crippen LogP contribution in [0.4, 0.5) is 0 Å². The van der Waals surface area contributed by atoms with E-state index < -0.39 is 0 Å². The number of pyridine rings is 1. The quantitative estimate of drug-likeness (QED) is 0.718. The molecule has 0 aliphatic heterocycles. The van der Waals surface area contributed by atoms with Crippen LogP contribution in [0.1, 0.15) is 29.7 Å². The number of allylic oxidation sites excluding steroid dienone is 4. The van der Waals surface area contributed by atoms with Gasteiger partial charge in [-0.2, -0.15) is 5.10 Å². The van der Waals surface area contributed by atoms with E-state index in [9.17, 15) is 4.79 Å². The molecular weight excluding hydrogens is 336 g/mol. The zero-order valence-corrected chi connectivity index (χ0v) is 15.1. The summed E-state index contributed by atoms with van der Waals surface area (Å²) in [4.78, 5) is 13.4. The van der Waals surface area contributed by atoms with Crippen molar-refractivity contribution in [3.05, 3.63) is 82.1 Å². The normalized spacial score (nSPS) is 13.3. The van der Waals surface area contributed by atoms with Gasteiger partial charge in [-0.25, -0.2) is 0 Å². The number of hydrogen-bond acceptors (Lipinski definition) is 3. The second-order valence-electron chi connectivity index (χ2n) is 6.51. The Morgan fingerprint density at radius 2 is 2.15 bits per heavy atom. The van der Waals surface area contributed by atoms with Crippen LogP contribution in [0, 0.1) is 11.8 Å². The number of fused-ring (bicyclic) bond motifs is 1. The highest BCUT2D eigenvalue weighted by Crippen LogP contribution is 2.21. The van der Waals surface area contributed by atoms with Gasteiger partial charge in [-0.15, -0.1) is 0 Å². The molecule has 5 nitrogen and oxygen atoms in total. The Labute approximate surface area is 157 Å². The molecule has 5 heteroatoms. The van der Waals surface area contributed by atoms with Crippen LogP contribution in [-0.4, -0.2) is 14.3 Å². The molecule has 2 N–H and O–H groups in total. The van der Waals surface area contributed by atoms with E-state index in [0.29, 0.717) is 17.5 Å². The Balaban J connectivity index is 1.94. The molecule has 27 heavy (non-hydrogen) atoms. The summed E-state index contributed by atoms with van der Waals surface area (Å²) in [5, 5.41) is 5.60. The number of hydrogen-bond donors (Lipinski definition) is 1. The van der Waals surface area contributed by atoms with Gasteiger partial charge in [-0.3, -0.25) is 14.0 Å². The molecule has 4 rings (SSSR count). The molecule has 0 saturated carbocycles. The second kappa shape index (κ2) is 7.10. The lowest BCUT2D eigenvalue weighted by Gasteiger charge is -2.16. The van der Waals surface area contributed by atoms with E-state index in [1.54, 1.807) is 15.4 Å². The molecule has 134 valence electrons. The Hall–Kier alpha value is -3.36. The Morgan fingerprint density at radius 1 is 1.26 bits per heavy atom. The van der Waals surface area contributed by atoms with Gasteiger partial charge in [0.25, 0.3) is 5.56 Å². The first kappa shape index (κ1) is 17.1. The van der Waals surface area contributed by atoms with E-state index in [4.69, 9.17) is 5.73 Å². The van der Waals surface area contributed by atoms with Gasteiger partial charge >= 0.3 is 0 Å². The van der Waals surface area contributed by atoms with Crippen molar-refractivity contribution in [3.63, 3.8) is 0 Å². The number of aromatic nitrogens is 3. The topological polar surface area (TPSA) is 65.8 Å². The fourth-order valence-corrected chi connectivity index (χ4v) is 3.34. The molecule has 2 aromatic heterocycles. The van der Waals surface area contributed by atoms with E-state index in [1.165, 1.54) is 0 Å². The molecule has 2 heterocycles. The van der Waals surface area contributed by atoms with Crippen molar-refractivity contribution in [2.24, 2.45) is 12.8 Å². The van der Waals surface area contributed by atoms with Crippen LogP contribution in [-0.2, 0) is 13.6 Å². The monoisotopic (exact) mass is 356 g/mol. The Kier molecular flexibility index (Phi) is 4.49. The number of aryl methyl sites for hydroxylation is 1. The molecule has 0 bridgehead atoms. The van der Waals surface area contributed by atoms with Crippen molar-refractivity contribution in [1.29, 1.82) is 0 Å². The summed E-state index contributed by atoms with van der Waals surface area (Å²) in [5.41, 5.74) is 9.05. The van der Waals surface area contributed by atoms with Gasteiger partial charge in [0.05, 0.1) is 17.1 Å². The molecule has 0 saturated heterocycles. The first-order valence-corrected chi connectivity index (χ1v) is 8.93. The van der Waals surface area contributed by atoms with Crippen molar-refractivity contribution in [1.82, 2.24) is 14.3 Å². The minimum Gasteiger partial charge on any atom is -0.325 e. The van der Waals surface area contributed by atoms with Gasteiger partial charge in [-0.05, 0) is 36.4 Å². The molecule has 0 fully saturated rings. The summed E-state index contributed by atoms with van der Waals surface area (Å²) in [6.07, 6.45) is 11.6. The number of benzene rings is 1. The largest absolute Gasteiger partial charge is 0.325 e. The fourth-order valence-electron chi connectivity index (χ4n) is 3.34. The SMILES string of the molecule is Cn1cc(C#Cc2cccc3cc(CN)n(C4=CCCC=C4)c(=O)c23)cn1. The minimum atomic E-state index is -0.0816. The summed E-state index contributed by atoms with van der Waals surface area (Å²) in [6, 6.07) is 7.71. The van der Waals surface area contributed by atoms with Crippen LogP contribution < -0.4 is 11.3 Å². The van der Waals surface area contributed by atoms with Crippen molar-refractivity contribution < 1.29 is 0 Å². The van der Waals surface area contributed by atoms with E-state index in [0.717, 1.165) is 35.2 Å². The molecule has 0 amide bonds. The molecule has 1 aromatic carbocycles. The summed E-state index contributed by atoms with van der Waals surface area (Å²) in [7, 11) is 1.85. The van der Waals surface area contributed by atoms with Gasteiger partial charge < -0.3 is 5.73 Å². The predicted molar refractivity (Wildman–Crippen MR) is 108 cm³/mol. The lowest BCUT2D eigenvalue weighted by molar-refractivity contribution is 0.767. The third-order valence-corrected chi connectivity index (χ3v) is 4.61. The summed E-state index contributed by atoms with van der Waals surface area (Å²) in [5.74, 6) is 6.23. The summed E-state index contributed by atoms with van der Waals surface area (Å²) >= 11 is 0. The molecule has 1 aliphatic rings. The predicted octanol–water partition coefficient (Wildman–Crippen LogP) is 2.78. The molecule has 0 radical (unpaired) electrons. The molecule has 0 atom stereocenters. The number of rotatable bonds is 2. The van der Waals surface area contributed by atoms with Crippen molar-refractivity contribution in [2.75, 3.05) is 0 Å². The van der Waals surface area contributed by atoms with Gasteiger partial charge in [-0.1, -0.05) is 36.1 Å². The van der Waals surface area contributed by atoms with Gasteiger partial charge in [0.2, 0.25) is 0 Å². The molecule has 1 aliphatic carbocycles. The number of nitrogens with zero attached hydrogens (tertiary/aromatic N) is 3. The van der Waals surface area contributed by atoms with E-state index in [1.807, 2.05) is 43.6 Å². The average molecular weight is 356 g/mol. The van der Waals surface area contributed by atoms with Crippen LogP contribution in [0.25, 0.3) is 16.5 Å². The molecule has 0 unspecified atom stereocenters. The van der Waals surface area contributed by atoms with Crippen molar-refractivity contribution in [3.8, 4) is 11.8 Å². The van der Waals surface area contributed by atoms with Crippen LogP contribution in [0.3, 0.4) is 0 Å². The standard InChI is InChI=1S/C22H20N4O/c1-25-15-16(14-24-25)10-11-17-6-5-7-18-12-20(13-23)26(22(27)21(17)18)19-8-3-2-4-9-19/h3,5-9,12,14-15H,2,4,13,23H2,1H3. The zero-order chi connectivity index (χ0) is 18.8. The Bertz CT molecular complexity index is 1200. The fraction of sp³-hybridized carbons (Fsp3) is 0.182. The third kappa shape index (κ3) is 3.23. The van der Waals surface area contributed by atoms with E-state index >= 15 is 0 Å². The zero-order valence-electron chi connectivity index (χ0n) is 15.1. The smallest absolute Gasteiger partial charge is 0.264 e. The lowest BCUT2D eigenvalue weighted by atomic mass is 10.0. The van der Waals surface area contributed by atoms with E-state index in [2.05, 4.69) is 29.1 Å². The van der Waals surface area contributed by atoms with E-state index in [-0.39, 0.29) is 5.56 Å². The first-order valence-electron chi connectivity index (χ1n) is 8.93. The van der Waals surface area contributed by atoms with Crippen LogP contribution in [0.15, 0.2) is 59.7 Å². The van der Waals surface area contributed by atoms with Gasteiger partial charge in [0.15, 0.2) is 0 Å². The highest BCUT2D eigenvalue weighted by molar-refractivity contribution is 5.89. The summed E-state index contributed by atoms with van der Waals surface area (Å²) in [6.45, 7) is 0.294. The minimum absolute atomic E-state index is 0.0816.